The first-order chi connectivity index (χ1) is 18.3. The zero-order chi connectivity index (χ0) is 26.7. The molecular weight excluding hydrogens is 530 g/mol. The summed E-state index contributed by atoms with van der Waals surface area (Å²) in [7, 11) is -3.47. The molecule has 14 heteroatoms. The van der Waals surface area contributed by atoms with Gasteiger partial charge in [0.1, 0.15) is 5.69 Å². The van der Waals surface area contributed by atoms with E-state index in [-0.39, 0.29) is 22.7 Å². The van der Waals surface area contributed by atoms with E-state index in [1.54, 1.807) is 29.4 Å². The highest BCUT2D eigenvalue weighted by molar-refractivity contribution is 7.93. The van der Waals surface area contributed by atoms with Crippen LogP contribution in [0.25, 0.3) is 10.6 Å². The highest BCUT2D eigenvalue weighted by Gasteiger charge is 2.36. The molecule has 2 N–H and O–H groups in total. The van der Waals surface area contributed by atoms with Gasteiger partial charge in [0.05, 0.1) is 46.6 Å². The van der Waals surface area contributed by atoms with Gasteiger partial charge in [-0.1, -0.05) is 0 Å². The van der Waals surface area contributed by atoms with Gasteiger partial charge in [-0.3, -0.25) is 24.3 Å². The number of carbonyl (C=O) groups is 2. The van der Waals surface area contributed by atoms with E-state index in [0.29, 0.717) is 60.2 Å². The van der Waals surface area contributed by atoms with E-state index in [1.165, 1.54) is 12.4 Å². The Morgan fingerprint density at radius 2 is 2.11 bits per heavy atom. The van der Waals surface area contributed by atoms with Crippen molar-refractivity contribution in [3.8, 4) is 16.5 Å². The molecule has 5 rings (SSSR count). The normalized spacial score (nSPS) is 16.3. The Hall–Kier alpha value is -3.65. The number of ether oxygens (including phenoxy) is 1. The first kappa shape index (κ1) is 26.0. The van der Waals surface area contributed by atoms with Crippen LogP contribution in [-0.4, -0.2) is 70.0 Å². The third-order valence-corrected chi connectivity index (χ3v) is 8.99. The Kier molecular flexibility index (Phi) is 7.51. The number of sulfonamides is 1. The van der Waals surface area contributed by atoms with Crippen molar-refractivity contribution in [3.05, 3.63) is 47.6 Å². The summed E-state index contributed by atoms with van der Waals surface area (Å²) in [5.74, 6) is -0.0697. The molecule has 0 unspecified atom stereocenters. The molecule has 1 saturated heterocycles. The molecule has 12 nitrogen and oxygen atoms in total. The number of hydrogen-bond acceptors (Lipinski definition) is 10. The van der Waals surface area contributed by atoms with Crippen LogP contribution in [0.15, 0.2) is 36.9 Å². The Bertz CT molecular complexity index is 1440. The number of amides is 2. The summed E-state index contributed by atoms with van der Waals surface area (Å²) in [5, 5.41) is 2.75. The summed E-state index contributed by atoms with van der Waals surface area (Å²) in [4.78, 5) is 45.1. The topological polar surface area (TPSA) is 156 Å². The lowest BCUT2D eigenvalue weighted by Gasteiger charge is -2.24. The van der Waals surface area contributed by atoms with Gasteiger partial charge in [0.25, 0.3) is 5.91 Å². The highest BCUT2D eigenvalue weighted by Crippen LogP contribution is 2.30. The zero-order valence-corrected chi connectivity index (χ0v) is 22.3. The maximum absolute atomic E-state index is 13.2. The molecule has 2 fully saturated rings. The third kappa shape index (κ3) is 6.07. The second kappa shape index (κ2) is 11.0. The molecule has 4 heterocycles. The Morgan fingerprint density at radius 1 is 1.26 bits per heavy atom. The molecule has 200 valence electrons. The van der Waals surface area contributed by atoms with Crippen molar-refractivity contribution in [1.82, 2.24) is 30.2 Å². The van der Waals surface area contributed by atoms with E-state index in [0.717, 1.165) is 17.8 Å². The fourth-order valence-electron chi connectivity index (χ4n) is 4.06. The fraction of sp³-hybridized carbons (Fsp3) is 0.417. The van der Waals surface area contributed by atoms with Crippen LogP contribution >= 0.6 is 11.3 Å². The molecule has 1 atom stereocenters. The number of anilines is 1. The summed E-state index contributed by atoms with van der Waals surface area (Å²) in [6, 6.07) is 2.48. The van der Waals surface area contributed by atoms with Crippen molar-refractivity contribution in [3.63, 3.8) is 0 Å². The number of nitrogens with one attached hydrogen (secondary N) is 2. The summed E-state index contributed by atoms with van der Waals surface area (Å²) >= 11 is 1.15. The number of likely N-dealkylation sites (tertiary alicyclic amines) is 1. The lowest BCUT2D eigenvalue weighted by molar-refractivity contribution is -0.128. The van der Waals surface area contributed by atoms with Gasteiger partial charge in [-0.15, -0.1) is 11.3 Å². The predicted molar refractivity (Wildman–Crippen MR) is 140 cm³/mol. The summed E-state index contributed by atoms with van der Waals surface area (Å²) in [6.45, 7) is 3.08. The van der Waals surface area contributed by atoms with E-state index >= 15 is 0 Å². The molecule has 0 spiro atoms. The van der Waals surface area contributed by atoms with E-state index in [2.05, 4.69) is 30.0 Å². The number of thiazole rings is 1. The molecule has 0 bridgehead atoms. The van der Waals surface area contributed by atoms with Crippen LogP contribution in [0.1, 0.15) is 54.1 Å². The summed E-state index contributed by atoms with van der Waals surface area (Å²) in [5.41, 5.74) is 1.32. The maximum Gasteiger partial charge on any atom is 0.280 e. The lowest BCUT2D eigenvalue weighted by atomic mass is 10.1. The van der Waals surface area contributed by atoms with Crippen LogP contribution < -0.4 is 14.8 Å². The Morgan fingerprint density at radius 3 is 2.84 bits per heavy atom. The molecule has 2 amide bonds. The van der Waals surface area contributed by atoms with Crippen molar-refractivity contribution < 1.29 is 22.7 Å². The van der Waals surface area contributed by atoms with Gasteiger partial charge in [-0.25, -0.2) is 18.4 Å². The number of pyridine rings is 1. The number of carbonyl (C=O) groups excluding carboxylic acids is 2. The highest BCUT2D eigenvalue weighted by atomic mass is 32.2. The summed E-state index contributed by atoms with van der Waals surface area (Å²) < 4.78 is 32.9. The first-order valence-corrected chi connectivity index (χ1v) is 14.7. The molecule has 2 aliphatic rings. The average Bonchev–Trinajstić information content (AvgIpc) is 3.53. The van der Waals surface area contributed by atoms with Crippen molar-refractivity contribution in [2.75, 3.05) is 24.4 Å². The van der Waals surface area contributed by atoms with Gasteiger partial charge in [-0.05, 0) is 38.3 Å². The molecule has 1 aliphatic carbocycles. The standard InChI is InChI=1S/C24H27N7O5S2/c1-2-36-21-13-25-11-18(28-21)20-12-27-24(37-20)23(33)29-19(14-31-9-3-4-22(31)32)17-10-15(7-8-26-17)30-38(34,35)16-5-6-16/h7-8,10-13,16,19H,2-6,9,14H2,1H3,(H,26,30)(H,29,33)/t19-/m1/s1. The van der Waals surface area contributed by atoms with E-state index in [9.17, 15) is 18.0 Å². The molecule has 1 aliphatic heterocycles. The maximum atomic E-state index is 13.2. The summed E-state index contributed by atoms with van der Waals surface area (Å²) in [6.07, 6.45) is 8.58. The van der Waals surface area contributed by atoms with Crippen LogP contribution in [0.5, 0.6) is 5.88 Å². The van der Waals surface area contributed by atoms with Crippen LogP contribution in [0.4, 0.5) is 5.69 Å². The first-order valence-electron chi connectivity index (χ1n) is 12.3. The molecule has 3 aromatic heterocycles. The fourth-order valence-corrected chi connectivity index (χ4v) is 6.21. The van der Waals surface area contributed by atoms with Crippen molar-refractivity contribution in [2.45, 2.75) is 43.9 Å². The van der Waals surface area contributed by atoms with Crippen molar-refractivity contribution in [2.24, 2.45) is 0 Å². The number of rotatable bonds is 11. The van der Waals surface area contributed by atoms with Crippen LogP contribution in [0.3, 0.4) is 0 Å². The van der Waals surface area contributed by atoms with Gasteiger partial charge < -0.3 is 15.0 Å². The minimum absolute atomic E-state index is 0.000806. The molecule has 0 radical (unpaired) electrons. The van der Waals surface area contributed by atoms with E-state index in [4.69, 9.17) is 4.74 Å². The Labute approximate surface area is 223 Å². The van der Waals surface area contributed by atoms with Gasteiger partial charge >= 0.3 is 0 Å². The average molecular weight is 558 g/mol. The SMILES string of the molecule is CCOc1cncc(-c2cnc(C(=O)N[C@H](CN3CCCC3=O)c3cc(NS(=O)(=O)C4CC4)ccn3)s2)n1. The molecule has 3 aromatic rings. The minimum Gasteiger partial charge on any atom is -0.477 e. The van der Waals surface area contributed by atoms with Gasteiger partial charge in [-0.2, -0.15) is 0 Å². The van der Waals surface area contributed by atoms with Gasteiger partial charge in [0.15, 0.2) is 5.01 Å². The molecule has 1 saturated carbocycles. The van der Waals surface area contributed by atoms with Crippen LogP contribution in [0.2, 0.25) is 0 Å². The molecule has 0 aromatic carbocycles. The Balaban J connectivity index is 1.36. The molecule has 38 heavy (non-hydrogen) atoms. The lowest BCUT2D eigenvalue weighted by Crippen LogP contribution is -2.39. The van der Waals surface area contributed by atoms with E-state index in [1.807, 2.05) is 6.92 Å². The number of nitrogens with zero attached hydrogens (tertiary/aromatic N) is 5. The zero-order valence-electron chi connectivity index (χ0n) is 20.7. The quantitative estimate of drug-likeness (QED) is 0.361. The van der Waals surface area contributed by atoms with Crippen molar-refractivity contribution in [1.29, 1.82) is 0 Å². The second-order valence-electron chi connectivity index (χ2n) is 8.99. The van der Waals surface area contributed by atoms with Crippen LogP contribution in [-0.2, 0) is 14.8 Å². The second-order valence-corrected chi connectivity index (χ2v) is 12.0. The van der Waals surface area contributed by atoms with E-state index < -0.39 is 22.0 Å². The van der Waals surface area contributed by atoms with Gasteiger partial charge in [0.2, 0.25) is 21.8 Å². The van der Waals surface area contributed by atoms with Gasteiger partial charge in [0, 0.05) is 31.9 Å². The minimum atomic E-state index is -3.47. The number of hydrogen-bond donors (Lipinski definition) is 2. The van der Waals surface area contributed by atoms with Crippen LogP contribution in [0, 0.1) is 0 Å². The van der Waals surface area contributed by atoms with Crippen molar-refractivity contribution >= 4 is 38.9 Å². The largest absolute Gasteiger partial charge is 0.477 e. The monoisotopic (exact) mass is 557 g/mol. The third-order valence-electron chi connectivity index (χ3n) is 6.10. The number of aromatic nitrogens is 4. The molecular formula is C24H27N7O5S2. The smallest absolute Gasteiger partial charge is 0.280 e. The predicted octanol–water partition coefficient (Wildman–Crippen LogP) is 2.39.